The number of alkyl halides is 1. The minimum absolute atomic E-state index is 0.279. The second kappa shape index (κ2) is 8.25. The standard InChI is InChI=1S/C27H45BrO/c1-17(2)7-6-8-18(3)25-24(29)15-23-21-12-10-19-9-11-20(28)16-27(19,5)22(21)13-14-26(23,25)4/h17-23,25H,6-16H2,1-5H3/t18-,19?,20?,21-,22+,23+,25+,26+,27+/m1/s1. The van der Waals surface area contributed by atoms with Gasteiger partial charge in [-0.1, -0.05) is 63.4 Å². The highest BCUT2D eigenvalue weighted by Gasteiger charge is 2.62. The van der Waals surface area contributed by atoms with E-state index >= 15 is 0 Å². The highest BCUT2D eigenvalue weighted by Crippen LogP contribution is 2.68. The van der Waals surface area contributed by atoms with Crippen molar-refractivity contribution in [2.45, 2.75) is 110 Å². The van der Waals surface area contributed by atoms with E-state index in [0.717, 1.165) is 34.9 Å². The predicted octanol–water partition coefficient (Wildman–Crippen LogP) is 8.05. The maximum atomic E-state index is 13.4. The number of rotatable bonds is 5. The number of hydrogen-bond donors (Lipinski definition) is 0. The van der Waals surface area contributed by atoms with Gasteiger partial charge >= 0.3 is 0 Å². The molecule has 4 rings (SSSR count). The van der Waals surface area contributed by atoms with Gasteiger partial charge in [-0.25, -0.2) is 0 Å². The number of hydrogen-bond acceptors (Lipinski definition) is 1. The summed E-state index contributed by atoms with van der Waals surface area (Å²) in [6.45, 7) is 12.2. The van der Waals surface area contributed by atoms with Gasteiger partial charge in [-0.15, -0.1) is 0 Å². The van der Waals surface area contributed by atoms with Gasteiger partial charge in [0.2, 0.25) is 0 Å². The molecule has 4 fully saturated rings. The lowest BCUT2D eigenvalue weighted by Gasteiger charge is -2.61. The maximum absolute atomic E-state index is 13.4. The molecule has 4 aliphatic rings. The van der Waals surface area contributed by atoms with Crippen LogP contribution in [0, 0.1) is 52.3 Å². The fourth-order valence-corrected chi connectivity index (χ4v) is 10.1. The van der Waals surface area contributed by atoms with Gasteiger partial charge in [-0.2, -0.15) is 0 Å². The Morgan fingerprint density at radius 3 is 2.41 bits per heavy atom. The van der Waals surface area contributed by atoms with E-state index in [1.54, 1.807) is 0 Å². The van der Waals surface area contributed by atoms with Crippen molar-refractivity contribution in [2.24, 2.45) is 52.3 Å². The molecule has 9 atom stereocenters. The van der Waals surface area contributed by atoms with Crippen molar-refractivity contribution in [1.29, 1.82) is 0 Å². The van der Waals surface area contributed by atoms with Gasteiger partial charge in [0.25, 0.3) is 0 Å². The SMILES string of the molecule is CC(C)CCC[C@@H](C)[C@H]1C(=O)C[C@H]2[C@@H]3CCC4CCC(Br)C[C@]4(C)[C@H]3CC[C@]12C. The molecule has 0 aromatic rings. The lowest BCUT2D eigenvalue weighted by atomic mass is 9.44. The molecule has 0 saturated heterocycles. The van der Waals surface area contributed by atoms with Crippen molar-refractivity contribution in [1.82, 2.24) is 0 Å². The molecular formula is C27H45BrO. The Bertz CT molecular complexity index is 614. The van der Waals surface area contributed by atoms with Crippen LogP contribution in [0.4, 0.5) is 0 Å². The molecule has 0 radical (unpaired) electrons. The molecule has 1 nitrogen and oxygen atoms in total. The van der Waals surface area contributed by atoms with Gasteiger partial charge in [-0.3, -0.25) is 4.79 Å². The van der Waals surface area contributed by atoms with Crippen molar-refractivity contribution in [2.75, 3.05) is 0 Å². The smallest absolute Gasteiger partial charge is 0.137 e. The largest absolute Gasteiger partial charge is 0.299 e. The fraction of sp³-hybridized carbons (Fsp3) is 0.963. The third-order valence-corrected chi connectivity index (χ3v) is 11.3. The van der Waals surface area contributed by atoms with Crippen LogP contribution in [0.1, 0.15) is 105 Å². The highest BCUT2D eigenvalue weighted by atomic mass is 79.9. The Kier molecular flexibility index (Phi) is 6.36. The van der Waals surface area contributed by atoms with E-state index in [4.69, 9.17) is 0 Å². The van der Waals surface area contributed by atoms with Gasteiger partial charge in [0.15, 0.2) is 0 Å². The molecule has 4 saturated carbocycles. The summed E-state index contributed by atoms with van der Waals surface area (Å²) in [5, 5.41) is 0. The zero-order valence-corrected chi connectivity index (χ0v) is 21.3. The lowest BCUT2D eigenvalue weighted by Crippen LogP contribution is -2.54. The van der Waals surface area contributed by atoms with E-state index in [-0.39, 0.29) is 5.41 Å². The summed E-state index contributed by atoms with van der Waals surface area (Å²) in [6.07, 6.45) is 14.4. The number of ketones is 1. The van der Waals surface area contributed by atoms with Gasteiger partial charge < -0.3 is 0 Å². The van der Waals surface area contributed by atoms with Crippen molar-refractivity contribution in [3.05, 3.63) is 0 Å². The summed E-state index contributed by atoms with van der Waals surface area (Å²) in [7, 11) is 0. The summed E-state index contributed by atoms with van der Waals surface area (Å²) in [5.41, 5.74) is 0.793. The first-order valence-corrected chi connectivity index (χ1v) is 13.7. The van der Waals surface area contributed by atoms with Crippen LogP contribution in [0.15, 0.2) is 0 Å². The molecule has 2 unspecified atom stereocenters. The first-order valence-electron chi connectivity index (χ1n) is 12.8. The molecule has 29 heavy (non-hydrogen) atoms. The van der Waals surface area contributed by atoms with Crippen LogP contribution in [0.5, 0.6) is 0 Å². The molecule has 166 valence electrons. The van der Waals surface area contributed by atoms with Crippen LogP contribution in [-0.2, 0) is 4.79 Å². The molecule has 0 aromatic heterocycles. The third-order valence-electron chi connectivity index (χ3n) is 10.5. The second-order valence-corrected chi connectivity index (χ2v) is 13.8. The summed E-state index contributed by atoms with van der Waals surface area (Å²) in [4.78, 5) is 14.1. The summed E-state index contributed by atoms with van der Waals surface area (Å²) in [6, 6.07) is 0. The fourth-order valence-electron chi connectivity index (χ4n) is 9.10. The van der Waals surface area contributed by atoms with E-state index < -0.39 is 0 Å². The quantitative estimate of drug-likeness (QED) is 0.375. The van der Waals surface area contributed by atoms with Crippen molar-refractivity contribution in [3.8, 4) is 0 Å². The zero-order chi connectivity index (χ0) is 21.0. The van der Waals surface area contributed by atoms with Gasteiger partial charge in [0.1, 0.15) is 5.78 Å². The molecule has 0 N–H and O–H groups in total. The molecular weight excluding hydrogens is 420 g/mol. The van der Waals surface area contributed by atoms with E-state index in [1.165, 1.54) is 64.2 Å². The highest BCUT2D eigenvalue weighted by molar-refractivity contribution is 9.09. The summed E-state index contributed by atoms with van der Waals surface area (Å²) >= 11 is 3.99. The summed E-state index contributed by atoms with van der Waals surface area (Å²) in [5.74, 6) is 5.59. The topological polar surface area (TPSA) is 17.1 Å². The average Bonchev–Trinajstić information content (AvgIpc) is 2.90. The molecule has 0 aromatic carbocycles. The number of carbonyl (C=O) groups excluding carboxylic acids is 1. The number of fused-ring (bicyclic) bond motifs is 5. The minimum Gasteiger partial charge on any atom is -0.299 e. The first-order chi connectivity index (χ1) is 13.7. The van der Waals surface area contributed by atoms with Crippen molar-refractivity contribution in [3.63, 3.8) is 0 Å². The Balaban J connectivity index is 1.52. The van der Waals surface area contributed by atoms with E-state index in [0.29, 0.717) is 29.0 Å². The van der Waals surface area contributed by atoms with E-state index in [1.807, 2.05) is 0 Å². The number of Topliss-reactive ketones (excluding diaryl/α,β-unsaturated/α-hetero) is 1. The minimum atomic E-state index is 0.279. The van der Waals surface area contributed by atoms with Crippen LogP contribution >= 0.6 is 15.9 Å². The lowest BCUT2D eigenvalue weighted by molar-refractivity contribution is -0.126. The third kappa shape index (κ3) is 3.80. The van der Waals surface area contributed by atoms with E-state index in [2.05, 4.69) is 50.5 Å². The van der Waals surface area contributed by atoms with Crippen LogP contribution in [0.2, 0.25) is 0 Å². The van der Waals surface area contributed by atoms with E-state index in [9.17, 15) is 4.79 Å². The molecule has 0 spiro atoms. The van der Waals surface area contributed by atoms with Crippen molar-refractivity contribution >= 4 is 21.7 Å². The zero-order valence-electron chi connectivity index (χ0n) is 19.7. The first kappa shape index (κ1) is 22.3. The Morgan fingerprint density at radius 1 is 0.966 bits per heavy atom. The van der Waals surface area contributed by atoms with Gasteiger partial charge in [-0.05, 0) is 97.7 Å². The van der Waals surface area contributed by atoms with Gasteiger partial charge in [0, 0.05) is 17.2 Å². The number of carbonyl (C=O) groups is 1. The Hall–Kier alpha value is 0.150. The molecule has 0 bridgehead atoms. The molecule has 2 heteroatoms. The van der Waals surface area contributed by atoms with Crippen LogP contribution in [-0.4, -0.2) is 10.6 Å². The van der Waals surface area contributed by atoms with Crippen molar-refractivity contribution < 1.29 is 4.79 Å². The Morgan fingerprint density at radius 2 is 1.69 bits per heavy atom. The molecule has 0 amide bonds. The Labute approximate surface area is 188 Å². The monoisotopic (exact) mass is 464 g/mol. The maximum Gasteiger partial charge on any atom is 0.137 e. The average molecular weight is 466 g/mol. The molecule has 0 heterocycles. The van der Waals surface area contributed by atoms with Crippen LogP contribution in [0.3, 0.4) is 0 Å². The molecule has 0 aliphatic heterocycles. The second-order valence-electron chi connectivity index (χ2n) is 12.5. The van der Waals surface area contributed by atoms with Crippen LogP contribution in [0.25, 0.3) is 0 Å². The molecule has 4 aliphatic carbocycles. The van der Waals surface area contributed by atoms with Crippen LogP contribution < -0.4 is 0 Å². The predicted molar refractivity (Wildman–Crippen MR) is 126 cm³/mol. The van der Waals surface area contributed by atoms with Gasteiger partial charge in [0.05, 0.1) is 0 Å². The normalized spacial score (nSPS) is 48.2. The summed E-state index contributed by atoms with van der Waals surface area (Å²) < 4.78 is 0. The number of halogens is 1.